The Kier molecular flexibility index (Phi) is 4.68. The zero-order valence-electron chi connectivity index (χ0n) is 13.3. The minimum absolute atomic E-state index is 0.0755. The predicted octanol–water partition coefficient (Wildman–Crippen LogP) is 2.30. The molecule has 0 atom stereocenters. The number of methoxy groups -OCH3 is 1. The quantitative estimate of drug-likeness (QED) is 0.786. The van der Waals surface area contributed by atoms with E-state index in [0.29, 0.717) is 18.7 Å². The van der Waals surface area contributed by atoms with E-state index in [0.717, 1.165) is 19.3 Å². The SMILES string of the molecule is COC(=O)c1nc(-c2ccccc2)oc1S(=O)(=O)N1CCCCC1. The van der Waals surface area contributed by atoms with Crippen molar-refractivity contribution in [1.29, 1.82) is 0 Å². The summed E-state index contributed by atoms with van der Waals surface area (Å²) in [6, 6.07) is 8.82. The second-order valence-electron chi connectivity index (χ2n) is 5.48. The Morgan fingerprint density at radius 3 is 2.46 bits per heavy atom. The van der Waals surface area contributed by atoms with Gasteiger partial charge in [-0.05, 0) is 25.0 Å². The molecule has 1 aromatic carbocycles. The fourth-order valence-electron chi connectivity index (χ4n) is 2.63. The second-order valence-corrected chi connectivity index (χ2v) is 7.31. The average molecular weight is 350 g/mol. The van der Waals surface area contributed by atoms with Crippen LogP contribution in [0.1, 0.15) is 29.8 Å². The van der Waals surface area contributed by atoms with Crippen LogP contribution in [0.25, 0.3) is 11.5 Å². The van der Waals surface area contributed by atoms with E-state index >= 15 is 0 Å². The Hall–Kier alpha value is -2.19. The molecule has 0 saturated carbocycles. The number of carbonyl (C=O) groups excluding carboxylic acids is 1. The number of hydrogen-bond donors (Lipinski definition) is 0. The van der Waals surface area contributed by atoms with Crippen LogP contribution in [0.3, 0.4) is 0 Å². The second kappa shape index (κ2) is 6.74. The average Bonchev–Trinajstić information content (AvgIpc) is 3.09. The van der Waals surface area contributed by atoms with E-state index in [9.17, 15) is 13.2 Å². The molecule has 24 heavy (non-hydrogen) atoms. The maximum atomic E-state index is 12.9. The zero-order valence-corrected chi connectivity index (χ0v) is 14.1. The van der Waals surface area contributed by atoms with Crippen LogP contribution in [0.5, 0.6) is 0 Å². The topological polar surface area (TPSA) is 89.7 Å². The number of hydrogen-bond acceptors (Lipinski definition) is 6. The third-order valence-corrected chi connectivity index (χ3v) is 5.68. The number of aromatic nitrogens is 1. The highest BCUT2D eigenvalue weighted by atomic mass is 32.2. The first kappa shape index (κ1) is 16.7. The Morgan fingerprint density at radius 1 is 1.17 bits per heavy atom. The van der Waals surface area contributed by atoms with Crippen molar-refractivity contribution in [3.63, 3.8) is 0 Å². The molecule has 2 heterocycles. The zero-order chi connectivity index (χ0) is 17.2. The predicted molar refractivity (Wildman–Crippen MR) is 85.9 cm³/mol. The Balaban J connectivity index is 2.08. The van der Waals surface area contributed by atoms with Gasteiger partial charge in [0.2, 0.25) is 11.6 Å². The highest BCUT2D eigenvalue weighted by molar-refractivity contribution is 7.89. The van der Waals surface area contributed by atoms with Gasteiger partial charge in [0.1, 0.15) is 0 Å². The molecule has 0 spiro atoms. The van der Waals surface area contributed by atoms with E-state index in [1.807, 2.05) is 6.07 Å². The van der Waals surface area contributed by atoms with E-state index in [4.69, 9.17) is 4.42 Å². The fourth-order valence-corrected chi connectivity index (χ4v) is 4.16. The minimum Gasteiger partial charge on any atom is -0.464 e. The summed E-state index contributed by atoms with van der Waals surface area (Å²) in [5.41, 5.74) is 0.268. The molecule has 0 amide bonds. The summed E-state index contributed by atoms with van der Waals surface area (Å²) in [7, 11) is -2.75. The van der Waals surface area contributed by atoms with Crippen LogP contribution in [-0.4, -0.2) is 43.9 Å². The Labute approximate surface area is 140 Å². The summed E-state index contributed by atoms with van der Waals surface area (Å²) in [6.45, 7) is 0.814. The Morgan fingerprint density at radius 2 is 1.83 bits per heavy atom. The maximum absolute atomic E-state index is 12.9. The molecule has 2 aromatic rings. The number of esters is 1. The third kappa shape index (κ3) is 3.07. The van der Waals surface area contributed by atoms with Gasteiger partial charge in [0.25, 0.3) is 15.1 Å². The lowest BCUT2D eigenvalue weighted by Gasteiger charge is -2.24. The van der Waals surface area contributed by atoms with Gasteiger partial charge in [-0.3, -0.25) is 0 Å². The van der Waals surface area contributed by atoms with Gasteiger partial charge in [-0.2, -0.15) is 4.31 Å². The van der Waals surface area contributed by atoms with Crippen molar-refractivity contribution in [2.24, 2.45) is 0 Å². The third-order valence-electron chi connectivity index (χ3n) is 3.88. The minimum atomic E-state index is -3.93. The number of oxazole rings is 1. The van der Waals surface area contributed by atoms with Crippen molar-refractivity contribution in [2.75, 3.05) is 20.2 Å². The molecule has 1 aliphatic rings. The van der Waals surface area contributed by atoms with Crippen molar-refractivity contribution < 1.29 is 22.4 Å². The summed E-state index contributed by atoms with van der Waals surface area (Å²) in [5.74, 6) is -0.761. The van der Waals surface area contributed by atoms with Gasteiger partial charge in [0, 0.05) is 18.7 Å². The molecule has 1 saturated heterocycles. The van der Waals surface area contributed by atoms with E-state index in [1.165, 1.54) is 11.4 Å². The summed E-state index contributed by atoms with van der Waals surface area (Å²) in [4.78, 5) is 16.0. The fraction of sp³-hybridized carbons (Fsp3) is 0.375. The molecule has 0 bridgehead atoms. The van der Waals surface area contributed by atoms with Crippen LogP contribution in [-0.2, 0) is 14.8 Å². The molecule has 0 unspecified atom stereocenters. The number of piperidine rings is 1. The van der Waals surface area contributed by atoms with Crippen LogP contribution in [0.2, 0.25) is 0 Å². The van der Waals surface area contributed by atoms with E-state index in [2.05, 4.69) is 9.72 Å². The molecule has 3 rings (SSSR count). The molecular formula is C16H18N2O5S. The van der Waals surface area contributed by atoms with Crippen molar-refractivity contribution in [2.45, 2.75) is 24.4 Å². The van der Waals surface area contributed by atoms with Gasteiger partial charge in [-0.25, -0.2) is 18.2 Å². The van der Waals surface area contributed by atoms with Crippen LogP contribution in [0, 0.1) is 0 Å². The number of benzene rings is 1. The standard InChI is InChI=1S/C16H18N2O5S/c1-22-15(19)13-16(24(20,21)18-10-6-3-7-11-18)23-14(17-13)12-8-4-2-5-9-12/h2,4-5,8-9H,3,6-7,10-11H2,1H3. The number of carbonyl (C=O) groups is 1. The molecule has 128 valence electrons. The molecule has 0 radical (unpaired) electrons. The molecule has 7 nitrogen and oxygen atoms in total. The number of sulfonamides is 1. The van der Waals surface area contributed by atoms with Gasteiger partial charge in [-0.1, -0.05) is 24.6 Å². The number of rotatable bonds is 4. The first-order chi connectivity index (χ1) is 11.5. The van der Waals surface area contributed by atoms with Gasteiger partial charge >= 0.3 is 5.97 Å². The van der Waals surface area contributed by atoms with Gasteiger partial charge in [0.05, 0.1) is 7.11 Å². The van der Waals surface area contributed by atoms with Crippen molar-refractivity contribution in [1.82, 2.24) is 9.29 Å². The smallest absolute Gasteiger partial charge is 0.361 e. The van der Waals surface area contributed by atoms with Crippen LogP contribution in [0.15, 0.2) is 39.8 Å². The largest absolute Gasteiger partial charge is 0.464 e. The molecule has 8 heteroatoms. The highest BCUT2D eigenvalue weighted by Crippen LogP contribution is 2.29. The normalized spacial score (nSPS) is 16.0. The lowest BCUT2D eigenvalue weighted by atomic mass is 10.2. The van der Waals surface area contributed by atoms with Crippen molar-refractivity contribution >= 4 is 16.0 Å². The Bertz CT molecular complexity index is 823. The molecule has 0 N–H and O–H groups in total. The summed E-state index contributed by atoms with van der Waals surface area (Å²) >= 11 is 0. The number of nitrogens with zero attached hydrogens (tertiary/aromatic N) is 2. The number of ether oxygens (including phenoxy) is 1. The first-order valence-corrected chi connectivity index (χ1v) is 9.13. The lowest BCUT2D eigenvalue weighted by Crippen LogP contribution is -2.36. The van der Waals surface area contributed by atoms with Crippen LogP contribution >= 0.6 is 0 Å². The van der Waals surface area contributed by atoms with Crippen LogP contribution < -0.4 is 0 Å². The summed E-state index contributed by atoms with van der Waals surface area (Å²) in [5, 5.41) is -0.449. The van der Waals surface area contributed by atoms with Crippen molar-refractivity contribution in [3.8, 4) is 11.5 Å². The van der Waals surface area contributed by atoms with Gasteiger partial charge in [-0.15, -0.1) is 0 Å². The molecule has 1 aromatic heterocycles. The monoisotopic (exact) mass is 350 g/mol. The first-order valence-electron chi connectivity index (χ1n) is 7.69. The molecule has 1 aliphatic heterocycles. The lowest BCUT2D eigenvalue weighted by molar-refractivity contribution is 0.0587. The highest BCUT2D eigenvalue weighted by Gasteiger charge is 2.36. The van der Waals surface area contributed by atoms with E-state index in [-0.39, 0.29) is 11.6 Å². The summed E-state index contributed by atoms with van der Waals surface area (Å²) in [6.07, 6.45) is 2.56. The summed E-state index contributed by atoms with van der Waals surface area (Å²) < 4.78 is 37.2. The van der Waals surface area contributed by atoms with E-state index in [1.54, 1.807) is 24.3 Å². The molecule has 1 fully saturated rings. The van der Waals surface area contributed by atoms with Crippen molar-refractivity contribution in [3.05, 3.63) is 36.0 Å². The van der Waals surface area contributed by atoms with Crippen LogP contribution in [0.4, 0.5) is 0 Å². The van der Waals surface area contributed by atoms with Gasteiger partial charge < -0.3 is 9.15 Å². The maximum Gasteiger partial charge on any atom is 0.361 e. The molecular weight excluding hydrogens is 332 g/mol. The van der Waals surface area contributed by atoms with Gasteiger partial charge in [0.15, 0.2) is 0 Å². The van der Waals surface area contributed by atoms with E-state index < -0.39 is 21.1 Å². The molecule has 0 aliphatic carbocycles.